The van der Waals surface area contributed by atoms with Gasteiger partial charge in [0, 0.05) is 42.4 Å². The summed E-state index contributed by atoms with van der Waals surface area (Å²) in [5.74, 6) is 1.00. The molecule has 1 aromatic carbocycles. The highest BCUT2D eigenvalue weighted by atomic mass is 79.9. The Kier molecular flexibility index (Phi) is 4.20. The van der Waals surface area contributed by atoms with E-state index in [1.54, 1.807) is 0 Å². The van der Waals surface area contributed by atoms with Gasteiger partial charge in [0.05, 0.1) is 11.8 Å². The molecule has 0 aliphatic rings. The minimum absolute atomic E-state index is 0.959. The van der Waals surface area contributed by atoms with E-state index in [1.165, 1.54) is 0 Å². The average Bonchev–Trinajstić information content (AvgIpc) is 3.00. The van der Waals surface area contributed by atoms with Crippen molar-refractivity contribution in [1.82, 2.24) is 14.5 Å². The molecule has 2 heterocycles. The maximum absolute atomic E-state index is 4.75. The number of nitrogens with zero attached hydrogens (tertiary/aromatic N) is 4. The van der Waals surface area contributed by atoms with Crippen molar-refractivity contribution in [2.75, 3.05) is 18.5 Å². The van der Waals surface area contributed by atoms with Crippen LogP contribution in [0.4, 0.5) is 5.82 Å². The highest BCUT2D eigenvalue weighted by Gasteiger charge is 2.06. The van der Waals surface area contributed by atoms with Crippen LogP contribution in [0.2, 0.25) is 0 Å². The Hall–Kier alpha value is -1.88. The van der Waals surface area contributed by atoms with Gasteiger partial charge in [-0.3, -0.25) is 0 Å². The highest BCUT2D eigenvalue weighted by Crippen LogP contribution is 2.24. The summed E-state index contributed by atoms with van der Waals surface area (Å²) < 4.78 is 3.13. The molecule has 0 aliphatic heterocycles. The number of rotatable bonds is 5. The molecule has 3 rings (SSSR count). The minimum Gasteiger partial charge on any atom is -0.360 e. The first-order valence-corrected chi connectivity index (χ1v) is 7.75. The Balaban J connectivity index is 1.69. The molecule has 0 radical (unpaired) electrons. The fourth-order valence-electron chi connectivity index (χ4n) is 2.34. The smallest absolute Gasteiger partial charge is 0.129 e. The summed E-state index contributed by atoms with van der Waals surface area (Å²) in [6.45, 7) is 1.93. The van der Waals surface area contributed by atoms with E-state index < -0.39 is 0 Å². The van der Waals surface area contributed by atoms with Gasteiger partial charge in [0.15, 0.2) is 0 Å². The van der Waals surface area contributed by atoms with E-state index in [-0.39, 0.29) is 0 Å². The number of para-hydroxylation sites is 1. The van der Waals surface area contributed by atoms with Crippen LogP contribution >= 0.6 is 15.9 Å². The molecular formula is C16H17BrN4. The van der Waals surface area contributed by atoms with Gasteiger partial charge in [-0.05, 0) is 40.5 Å². The van der Waals surface area contributed by atoms with Gasteiger partial charge in [-0.1, -0.05) is 12.1 Å². The lowest BCUT2D eigenvalue weighted by Gasteiger charge is -2.18. The van der Waals surface area contributed by atoms with Crippen LogP contribution in [0.5, 0.6) is 0 Å². The van der Waals surface area contributed by atoms with E-state index in [1.807, 2.05) is 30.9 Å². The van der Waals surface area contributed by atoms with Crippen LogP contribution in [0.3, 0.4) is 0 Å². The second kappa shape index (κ2) is 6.26. The lowest BCUT2D eigenvalue weighted by Crippen LogP contribution is -2.20. The molecule has 4 nitrogen and oxygen atoms in total. The molecule has 108 valence electrons. The Labute approximate surface area is 132 Å². The molecule has 0 unspecified atom stereocenters. The summed E-state index contributed by atoms with van der Waals surface area (Å²) >= 11 is 3.57. The molecule has 0 spiro atoms. The number of hydrogen-bond donors (Lipinski definition) is 0. The summed E-state index contributed by atoms with van der Waals surface area (Å²) in [4.78, 5) is 11.0. The number of fused-ring (bicyclic) bond motifs is 1. The molecule has 0 N–H and O–H groups in total. The second-order valence-electron chi connectivity index (χ2n) is 5.06. The standard InChI is InChI=1S/C16H17BrN4/c1-20(9-3-10-21-11-8-18-12-21)15-7-6-13-4-2-5-14(17)16(13)19-15/h2,4-8,11-12H,3,9-10H2,1H3. The Morgan fingerprint density at radius 1 is 1.24 bits per heavy atom. The molecule has 0 aliphatic carbocycles. The van der Waals surface area contributed by atoms with E-state index in [0.717, 1.165) is 40.7 Å². The van der Waals surface area contributed by atoms with Crippen LogP contribution in [0.25, 0.3) is 10.9 Å². The van der Waals surface area contributed by atoms with Gasteiger partial charge in [-0.2, -0.15) is 0 Å². The highest BCUT2D eigenvalue weighted by molar-refractivity contribution is 9.10. The lowest BCUT2D eigenvalue weighted by molar-refractivity contribution is 0.636. The van der Waals surface area contributed by atoms with Gasteiger partial charge in [0.2, 0.25) is 0 Å². The van der Waals surface area contributed by atoms with Crippen molar-refractivity contribution >= 4 is 32.7 Å². The Bertz CT molecular complexity index is 724. The molecule has 2 aromatic heterocycles. The number of halogens is 1. The van der Waals surface area contributed by atoms with Gasteiger partial charge >= 0.3 is 0 Å². The number of aromatic nitrogens is 3. The van der Waals surface area contributed by atoms with Crippen molar-refractivity contribution in [2.24, 2.45) is 0 Å². The molecule has 0 bridgehead atoms. The fraction of sp³-hybridized carbons (Fsp3) is 0.250. The molecule has 0 amide bonds. The van der Waals surface area contributed by atoms with E-state index in [0.29, 0.717) is 0 Å². The normalized spacial score (nSPS) is 11.0. The maximum Gasteiger partial charge on any atom is 0.129 e. The van der Waals surface area contributed by atoms with Crippen LogP contribution in [0.1, 0.15) is 6.42 Å². The molecule has 3 aromatic rings. The van der Waals surface area contributed by atoms with Crippen LogP contribution in [-0.4, -0.2) is 28.1 Å². The van der Waals surface area contributed by atoms with Gasteiger partial charge < -0.3 is 9.47 Å². The van der Waals surface area contributed by atoms with Crippen LogP contribution in [-0.2, 0) is 6.54 Å². The number of anilines is 1. The Morgan fingerprint density at radius 2 is 2.14 bits per heavy atom. The summed E-state index contributed by atoms with van der Waals surface area (Å²) in [5, 5.41) is 1.15. The first-order chi connectivity index (χ1) is 10.2. The second-order valence-corrected chi connectivity index (χ2v) is 5.91. The predicted octanol–water partition coefficient (Wildman–Crippen LogP) is 3.72. The van der Waals surface area contributed by atoms with E-state index in [2.05, 4.69) is 55.6 Å². The number of imidazole rings is 1. The van der Waals surface area contributed by atoms with Crippen LogP contribution in [0.15, 0.2) is 53.5 Å². The first-order valence-electron chi connectivity index (χ1n) is 6.96. The number of hydrogen-bond acceptors (Lipinski definition) is 3. The van der Waals surface area contributed by atoms with Crippen molar-refractivity contribution in [3.8, 4) is 0 Å². The summed E-state index contributed by atoms with van der Waals surface area (Å²) in [5.41, 5.74) is 1.01. The molecule has 5 heteroatoms. The zero-order valence-electron chi connectivity index (χ0n) is 11.9. The maximum atomic E-state index is 4.75. The van der Waals surface area contributed by atoms with E-state index in [4.69, 9.17) is 4.98 Å². The molecule has 0 saturated carbocycles. The lowest BCUT2D eigenvalue weighted by atomic mass is 10.2. The molecule has 0 fully saturated rings. The van der Waals surface area contributed by atoms with Crippen molar-refractivity contribution in [1.29, 1.82) is 0 Å². The third kappa shape index (κ3) is 3.24. The zero-order valence-corrected chi connectivity index (χ0v) is 13.5. The van der Waals surface area contributed by atoms with Crippen LogP contribution in [0, 0.1) is 0 Å². The molecule has 21 heavy (non-hydrogen) atoms. The number of benzene rings is 1. The topological polar surface area (TPSA) is 34.0 Å². The minimum atomic E-state index is 0.959. The van der Waals surface area contributed by atoms with Crippen molar-refractivity contribution in [3.63, 3.8) is 0 Å². The van der Waals surface area contributed by atoms with Gasteiger partial charge in [-0.25, -0.2) is 9.97 Å². The molecule has 0 atom stereocenters. The van der Waals surface area contributed by atoms with Gasteiger partial charge in [0.25, 0.3) is 0 Å². The van der Waals surface area contributed by atoms with E-state index in [9.17, 15) is 0 Å². The first kappa shape index (κ1) is 14.1. The average molecular weight is 345 g/mol. The molecule has 0 saturated heterocycles. The third-order valence-electron chi connectivity index (χ3n) is 3.52. The van der Waals surface area contributed by atoms with Crippen LogP contribution < -0.4 is 4.90 Å². The largest absolute Gasteiger partial charge is 0.360 e. The Morgan fingerprint density at radius 3 is 2.95 bits per heavy atom. The SMILES string of the molecule is CN(CCCn1ccnc1)c1ccc2cccc(Br)c2n1. The third-order valence-corrected chi connectivity index (χ3v) is 4.16. The van der Waals surface area contributed by atoms with E-state index >= 15 is 0 Å². The van der Waals surface area contributed by atoms with Crippen molar-refractivity contribution in [3.05, 3.63) is 53.5 Å². The number of aryl methyl sites for hydroxylation is 1. The fourth-order valence-corrected chi connectivity index (χ4v) is 2.81. The molecular weight excluding hydrogens is 328 g/mol. The van der Waals surface area contributed by atoms with Gasteiger partial charge in [-0.15, -0.1) is 0 Å². The predicted molar refractivity (Wildman–Crippen MR) is 89.6 cm³/mol. The van der Waals surface area contributed by atoms with Gasteiger partial charge in [0.1, 0.15) is 5.82 Å². The summed E-state index contributed by atoms with van der Waals surface area (Å²) in [6, 6.07) is 10.3. The quantitative estimate of drug-likeness (QED) is 0.707. The number of pyridine rings is 1. The monoisotopic (exact) mass is 344 g/mol. The van der Waals surface area contributed by atoms with Crippen molar-refractivity contribution in [2.45, 2.75) is 13.0 Å². The summed E-state index contributed by atoms with van der Waals surface area (Å²) in [7, 11) is 2.08. The summed E-state index contributed by atoms with van der Waals surface area (Å²) in [6.07, 6.45) is 6.71. The zero-order chi connectivity index (χ0) is 14.7. The van der Waals surface area contributed by atoms with Crippen molar-refractivity contribution < 1.29 is 0 Å².